The fraction of sp³-hybridized carbons (Fsp3) is 0.500. The van der Waals surface area contributed by atoms with Gasteiger partial charge in [0.2, 0.25) is 0 Å². The number of aliphatic hydroxyl groups is 1. The van der Waals surface area contributed by atoms with E-state index in [1.807, 2.05) is 0 Å². The number of aliphatic hydroxyl groups excluding tert-OH is 1. The van der Waals surface area contributed by atoms with Gasteiger partial charge in [-0.2, -0.15) is 0 Å². The Kier molecular flexibility index (Phi) is 9.16. The number of ether oxygens (including phenoxy) is 4. The Morgan fingerprint density at radius 3 is 2.52 bits per heavy atom. The van der Waals surface area contributed by atoms with Crippen molar-refractivity contribution in [3.8, 4) is 0 Å². The highest BCUT2D eigenvalue weighted by Gasteiger charge is 2.45. The molecule has 1 heterocycles. The van der Waals surface area contributed by atoms with Crippen molar-refractivity contribution in [1.82, 2.24) is 0 Å². The summed E-state index contributed by atoms with van der Waals surface area (Å²) in [6.45, 7) is 9.26. The maximum atomic E-state index is 12.6. The van der Waals surface area contributed by atoms with Crippen LogP contribution >= 0.6 is 0 Å². The second kappa shape index (κ2) is 11.6. The van der Waals surface area contributed by atoms with Crippen molar-refractivity contribution in [2.45, 2.75) is 58.8 Å². The van der Waals surface area contributed by atoms with Crippen LogP contribution in [0.3, 0.4) is 0 Å². The highest BCUT2D eigenvalue weighted by molar-refractivity contribution is 5.92. The minimum atomic E-state index is -0.861. The van der Waals surface area contributed by atoms with E-state index >= 15 is 0 Å². The topological polar surface area (TPSA) is 125 Å². The fourth-order valence-corrected chi connectivity index (χ4v) is 3.69. The van der Waals surface area contributed by atoms with Crippen molar-refractivity contribution < 1.29 is 43.2 Å². The predicted molar refractivity (Wildman–Crippen MR) is 116 cm³/mol. The van der Waals surface area contributed by atoms with Crippen LogP contribution in [0.2, 0.25) is 0 Å². The molecule has 0 unspecified atom stereocenters. The van der Waals surface area contributed by atoms with E-state index in [1.54, 1.807) is 19.1 Å². The summed E-state index contributed by atoms with van der Waals surface area (Å²) in [5, 5.41) is 9.09. The fourth-order valence-electron chi connectivity index (χ4n) is 3.69. The first kappa shape index (κ1) is 26.1. The van der Waals surface area contributed by atoms with Crippen LogP contribution in [0, 0.1) is 5.92 Å². The Labute approximate surface area is 192 Å². The van der Waals surface area contributed by atoms with Gasteiger partial charge in [0, 0.05) is 37.8 Å². The zero-order valence-electron chi connectivity index (χ0n) is 19.3. The van der Waals surface area contributed by atoms with Crippen molar-refractivity contribution in [2.75, 3.05) is 13.2 Å². The lowest BCUT2D eigenvalue weighted by Crippen LogP contribution is -2.35. The molecule has 0 aromatic rings. The number of hydrogen-bond donors (Lipinski definition) is 1. The van der Waals surface area contributed by atoms with Crippen LogP contribution in [-0.2, 0) is 38.1 Å². The summed E-state index contributed by atoms with van der Waals surface area (Å²) in [5.41, 5.74) is 1.61. The first-order chi connectivity index (χ1) is 15.5. The summed E-state index contributed by atoms with van der Waals surface area (Å²) < 4.78 is 21.8. The summed E-state index contributed by atoms with van der Waals surface area (Å²) >= 11 is 0. The van der Waals surface area contributed by atoms with Gasteiger partial charge in [-0.15, -0.1) is 0 Å². The first-order valence-electron chi connectivity index (χ1n) is 10.6. The van der Waals surface area contributed by atoms with E-state index in [4.69, 9.17) is 24.1 Å². The van der Waals surface area contributed by atoms with Crippen LogP contribution in [0.15, 0.2) is 47.1 Å². The van der Waals surface area contributed by atoms with Gasteiger partial charge >= 0.3 is 23.9 Å². The molecule has 0 aromatic carbocycles. The molecule has 2 aliphatic rings. The van der Waals surface area contributed by atoms with Crippen molar-refractivity contribution >= 4 is 23.9 Å². The Morgan fingerprint density at radius 2 is 1.91 bits per heavy atom. The highest BCUT2D eigenvalue weighted by Crippen LogP contribution is 2.37. The molecule has 1 saturated heterocycles. The van der Waals surface area contributed by atoms with Crippen LogP contribution in [0.5, 0.6) is 0 Å². The monoisotopic (exact) mass is 462 g/mol. The molecular formula is C24H30O9. The van der Waals surface area contributed by atoms with Crippen LogP contribution < -0.4 is 0 Å². The third-order valence-corrected chi connectivity index (χ3v) is 5.43. The van der Waals surface area contributed by atoms with Gasteiger partial charge in [0.05, 0.1) is 12.5 Å². The molecule has 0 aromatic heterocycles. The largest absolute Gasteiger partial charge is 0.461 e. The molecule has 4 atom stereocenters. The maximum Gasteiger partial charge on any atom is 0.334 e. The van der Waals surface area contributed by atoms with Crippen molar-refractivity contribution in [2.24, 2.45) is 5.92 Å². The van der Waals surface area contributed by atoms with E-state index in [0.29, 0.717) is 11.1 Å². The van der Waals surface area contributed by atoms with E-state index < -0.39 is 48.1 Å². The zero-order chi connectivity index (χ0) is 24.7. The number of fused-ring (bicyclic) bond motifs is 1. The SMILES string of the molecule is C=C1C(=O)O[C@H]2/C=C(\C)[C@H](OC(C)=O)C/C=C(/COC(C)=O)C[C@H](OC(=O)/C(C)=C/CO)[C@H]12. The molecule has 0 bridgehead atoms. The minimum absolute atomic E-state index is 0.0664. The normalized spacial score (nSPS) is 28.9. The standard InChI is InChI=1S/C24H30O9/c1-13(8-9-25)23(28)32-21-11-18(12-30-16(4)26)6-7-19(31-17(5)27)14(2)10-20-22(21)15(3)24(29)33-20/h6,8,10,19-22,25H,3,7,9,11-12H2,1-2,4-5H3/b13-8+,14-10+,18-6+/t19-,20+,21+,22-/m1/s1. The smallest absolute Gasteiger partial charge is 0.334 e. The van der Waals surface area contributed by atoms with Crippen molar-refractivity contribution in [1.29, 1.82) is 0 Å². The first-order valence-corrected chi connectivity index (χ1v) is 10.6. The van der Waals surface area contributed by atoms with Gasteiger partial charge < -0.3 is 24.1 Å². The third kappa shape index (κ3) is 7.15. The number of carbonyl (C=O) groups is 4. The molecular weight excluding hydrogens is 432 g/mol. The molecule has 0 radical (unpaired) electrons. The Bertz CT molecular complexity index is 909. The predicted octanol–water partition coefficient (Wildman–Crippen LogP) is 2.10. The van der Waals surface area contributed by atoms with E-state index in [9.17, 15) is 19.2 Å². The second-order valence-corrected chi connectivity index (χ2v) is 8.03. The second-order valence-electron chi connectivity index (χ2n) is 8.03. The summed E-state index contributed by atoms with van der Waals surface area (Å²) in [4.78, 5) is 48.0. The summed E-state index contributed by atoms with van der Waals surface area (Å²) in [5.74, 6) is -2.95. The van der Waals surface area contributed by atoms with Gasteiger partial charge in [-0.1, -0.05) is 12.7 Å². The van der Waals surface area contributed by atoms with Crippen LogP contribution in [0.25, 0.3) is 0 Å². The Balaban J connectivity index is 2.50. The lowest BCUT2D eigenvalue weighted by molar-refractivity contribution is -0.148. The van der Waals surface area contributed by atoms with E-state index in [0.717, 1.165) is 0 Å². The summed E-state index contributed by atoms with van der Waals surface area (Å²) in [6, 6.07) is 0. The van der Waals surface area contributed by atoms with E-state index in [1.165, 1.54) is 26.8 Å². The van der Waals surface area contributed by atoms with Crippen LogP contribution in [0.4, 0.5) is 0 Å². The van der Waals surface area contributed by atoms with E-state index in [-0.39, 0.29) is 37.2 Å². The van der Waals surface area contributed by atoms with Gasteiger partial charge in [0.1, 0.15) is 24.9 Å². The minimum Gasteiger partial charge on any atom is -0.461 e. The van der Waals surface area contributed by atoms with Gasteiger partial charge in [-0.05, 0) is 37.1 Å². The molecule has 9 heteroatoms. The van der Waals surface area contributed by atoms with Crippen LogP contribution in [0.1, 0.15) is 40.5 Å². The molecule has 0 saturated carbocycles. The molecule has 2 rings (SSSR count). The number of carbonyl (C=O) groups excluding carboxylic acids is 4. The van der Waals surface area contributed by atoms with Gasteiger partial charge in [0.25, 0.3) is 0 Å². The molecule has 1 aliphatic heterocycles. The zero-order valence-corrected chi connectivity index (χ0v) is 19.3. The number of esters is 4. The molecule has 180 valence electrons. The quantitative estimate of drug-likeness (QED) is 0.273. The molecule has 0 amide bonds. The Hall–Kier alpha value is -3.20. The molecule has 1 N–H and O–H groups in total. The van der Waals surface area contributed by atoms with Crippen molar-refractivity contribution in [3.05, 3.63) is 47.1 Å². The van der Waals surface area contributed by atoms with E-state index in [2.05, 4.69) is 6.58 Å². The highest BCUT2D eigenvalue weighted by atomic mass is 16.6. The summed E-state index contributed by atoms with van der Waals surface area (Å²) in [7, 11) is 0. The number of rotatable bonds is 6. The van der Waals surface area contributed by atoms with Gasteiger partial charge in [-0.25, -0.2) is 9.59 Å². The lowest BCUT2D eigenvalue weighted by atomic mass is 9.85. The van der Waals surface area contributed by atoms with Gasteiger partial charge in [-0.3, -0.25) is 9.59 Å². The third-order valence-electron chi connectivity index (χ3n) is 5.43. The molecule has 1 fully saturated rings. The number of hydrogen-bond acceptors (Lipinski definition) is 9. The van der Waals surface area contributed by atoms with Gasteiger partial charge in [0.15, 0.2) is 0 Å². The molecule has 0 spiro atoms. The summed E-state index contributed by atoms with van der Waals surface area (Å²) in [6.07, 6.45) is 2.90. The lowest BCUT2D eigenvalue weighted by Gasteiger charge is -2.29. The average Bonchev–Trinajstić information content (AvgIpc) is 3.00. The Morgan fingerprint density at radius 1 is 1.21 bits per heavy atom. The molecule has 9 nitrogen and oxygen atoms in total. The van der Waals surface area contributed by atoms with Crippen molar-refractivity contribution in [3.63, 3.8) is 0 Å². The average molecular weight is 462 g/mol. The van der Waals surface area contributed by atoms with Crippen LogP contribution in [-0.4, -0.2) is 60.5 Å². The maximum absolute atomic E-state index is 12.6. The molecule has 1 aliphatic carbocycles. The molecule has 33 heavy (non-hydrogen) atoms.